The van der Waals surface area contributed by atoms with E-state index in [1.807, 2.05) is 0 Å². The van der Waals surface area contributed by atoms with Crippen molar-refractivity contribution < 1.29 is 13.5 Å². The molecule has 0 amide bonds. The van der Waals surface area contributed by atoms with Crippen LogP contribution in [0.3, 0.4) is 0 Å². The largest absolute Gasteiger partial charge is 0.378 e. The number of nitrogens with one attached hydrogen (secondary N) is 1. The van der Waals surface area contributed by atoms with Crippen molar-refractivity contribution in [2.24, 2.45) is 0 Å². The van der Waals surface area contributed by atoms with Crippen LogP contribution in [0.4, 0.5) is 8.78 Å². The molecule has 2 nitrogen and oxygen atoms in total. The van der Waals surface area contributed by atoms with Crippen LogP contribution in [0.5, 0.6) is 0 Å². The molecule has 1 saturated heterocycles. The quantitative estimate of drug-likeness (QED) is 0.805. The zero-order valence-corrected chi connectivity index (χ0v) is 8.82. The van der Waals surface area contributed by atoms with Gasteiger partial charge in [-0.1, -0.05) is 12.1 Å². The van der Waals surface area contributed by atoms with Crippen molar-refractivity contribution in [3.8, 4) is 0 Å². The fraction of sp³-hybridized carbons (Fsp3) is 0.400. The summed E-state index contributed by atoms with van der Waals surface area (Å²) in [5.74, 6) is -1.59. The van der Waals surface area contributed by atoms with Gasteiger partial charge >= 0.3 is 0 Å². The van der Waals surface area contributed by atoms with Crippen LogP contribution in [0, 0.1) is 11.6 Å². The Hall–Kier alpha value is -0.710. The first-order chi connectivity index (χ1) is 6.79. The Morgan fingerprint density at radius 3 is 2.80 bits per heavy atom. The van der Waals surface area contributed by atoms with Gasteiger partial charge in [0, 0.05) is 12.1 Å². The number of hydrogen-bond acceptors (Lipinski definition) is 2. The van der Waals surface area contributed by atoms with Crippen LogP contribution in [0.1, 0.15) is 11.6 Å². The molecule has 1 aliphatic heterocycles. The summed E-state index contributed by atoms with van der Waals surface area (Å²) in [6.45, 7) is 1.68. The van der Waals surface area contributed by atoms with Crippen LogP contribution in [0.15, 0.2) is 18.2 Å². The molecule has 1 heterocycles. The van der Waals surface area contributed by atoms with Crippen molar-refractivity contribution >= 4 is 12.4 Å². The second-order valence-corrected chi connectivity index (χ2v) is 3.22. The van der Waals surface area contributed by atoms with E-state index >= 15 is 0 Å². The highest BCUT2D eigenvalue weighted by Crippen LogP contribution is 2.20. The lowest BCUT2D eigenvalue weighted by Crippen LogP contribution is -2.35. The van der Waals surface area contributed by atoms with E-state index in [0.29, 0.717) is 25.3 Å². The van der Waals surface area contributed by atoms with Crippen LogP contribution in [0.2, 0.25) is 0 Å². The summed E-state index contributed by atoms with van der Waals surface area (Å²) in [5, 5.41) is 3.07. The Labute approximate surface area is 93.0 Å². The number of halogens is 3. The van der Waals surface area contributed by atoms with Gasteiger partial charge in [-0.25, -0.2) is 8.78 Å². The van der Waals surface area contributed by atoms with Crippen LogP contribution < -0.4 is 5.32 Å². The number of rotatable bonds is 1. The molecule has 5 heteroatoms. The molecule has 1 atom stereocenters. The molecular weight excluding hydrogens is 224 g/mol. The molecule has 0 aliphatic carbocycles. The molecular formula is C10H12ClF2NO. The summed E-state index contributed by atoms with van der Waals surface area (Å²) in [7, 11) is 0. The van der Waals surface area contributed by atoms with Crippen molar-refractivity contribution in [3.63, 3.8) is 0 Å². The molecule has 0 aromatic heterocycles. The maximum atomic E-state index is 13.3. The van der Waals surface area contributed by atoms with Crippen molar-refractivity contribution in [3.05, 3.63) is 35.4 Å². The van der Waals surface area contributed by atoms with Gasteiger partial charge in [0.25, 0.3) is 0 Å². The minimum atomic E-state index is -0.810. The zero-order valence-electron chi connectivity index (χ0n) is 8.00. The van der Waals surface area contributed by atoms with E-state index in [4.69, 9.17) is 4.74 Å². The predicted molar refractivity (Wildman–Crippen MR) is 55.2 cm³/mol. The molecule has 1 N–H and O–H groups in total. The molecule has 84 valence electrons. The highest BCUT2D eigenvalue weighted by Gasteiger charge is 2.20. The molecule has 15 heavy (non-hydrogen) atoms. The molecule has 1 aromatic rings. The fourth-order valence-electron chi connectivity index (χ4n) is 1.55. The second kappa shape index (κ2) is 5.39. The van der Waals surface area contributed by atoms with Gasteiger partial charge in [0.05, 0.1) is 19.3 Å². The molecule has 0 bridgehead atoms. The normalized spacial score (nSPS) is 20.8. The highest BCUT2D eigenvalue weighted by atomic mass is 35.5. The van der Waals surface area contributed by atoms with Gasteiger partial charge in [-0.2, -0.15) is 0 Å². The van der Waals surface area contributed by atoms with Gasteiger partial charge in [0.2, 0.25) is 0 Å². The fourth-order valence-corrected chi connectivity index (χ4v) is 1.55. The minimum absolute atomic E-state index is 0. The minimum Gasteiger partial charge on any atom is -0.378 e. The third kappa shape index (κ3) is 2.65. The van der Waals surface area contributed by atoms with Gasteiger partial charge in [0.1, 0.15) is 0 Å². The summed E-state index contributed by atoms with van der Waals surface area (Å²) in [6.07, 6.45) is 0. The topological polar surface area (TPSA) is 21.3 Å². The van der Waals surface area contributed by atoms with Gasteiger partial charge < -0.3 is 10.1 Å². The van der Waals surface area contributed by atoms with Crippen molar-refractivity contribution in [1.82, 2.24) is 5.32 Å². The van der Waals surface area contributed by atoms with E-state index < -0.39 is 11.6 Å². The average Bonchev–Trinajstić information content (AvgIpc) is 2.23. The van der Waals surface area contributed by atoms with E-state index in [9.17, 15) is 8.78 Å². The summed E-state index contributed by atoms with van der Waals surface area (Å²) >= 11 is 0. The van der Waals surface area contributed by atoms with Crippen molar-refractivity contribution in [1.29, 1.82) is 0 Å². The summed E-state index contributed by atoms with van der Waals surface area (Å²) in [6, 6.07) is 3.96. The van der Waals surface area contributed by atoms with Gasteiger partial charge in [-0.15, -0.1) is 12.4 Å². The average molecular weight is 236 g/mol. The predicted octanol–water partition coefficient (Wildman–Crippen LogP) is 2.05. The van der Waals surface area contributed by atoms with Crippen molar-refractivity contribution in [2.45, 2.75) is 6.04 Å². The monoisotopic (exact) mass is 235 g/mol. The van der Waals surface area contributed by atoms with Gasteiger partial charge in [0.15, 0.2) is 11.6 Å². The standard InChI is InChI=1S/C10H11F2NO.ClH/c11-8-3-1-2-7(10(8)12)9-6-14-5-4-13-9;/h1-3,9,13H,4-6H2;1H/t9-;/m1./s1. The molecule has 0 unspecified atom stereocenters. The molecule has 0 spiro atoms. The maximum absolute atomic E-state index is 13.3. The number of benzene rings is 1. The summed E-state index contributed by atoms with van der Waals surface area (Å²) < 4.78 is 31.4. The van der Waals surface area contributed by atoms with E-state index in [2.05, 4.69) is 5.32 Å². The van der Waals surface area contributed by atoms with Crippen molar-refractivity contribution in [2.75, 3.05) is 19.8 Å². The van der Waals surface area contributed by atoms with Crippen LogP contribution in [-0.4, -0.2) is 19.8 Å². The Bertz CT molecular complexity index is 329. The van der Waals surface area contributed by atoms with E-state index in [-0.39, 0.29) is 18.4 Å². The molecule has 1 aromatic carbocycles. The van der Waals surface area contributed by atoms with Crippen LogP contribution >= 0.6 is 12.4 Å². The van der Waals surface area contributed by atoms with Crippen LogP contribution in [0.25, 0.3) is 0 Å². The molecule has 2 rings (SSSR count). The highest BCUT2D eigenvalue weighted by molar-refractivity contribution is 5.85. The third-order valence-corrected chi connectivity index (χ3v) is 2.28. The summed E-state index contributed by atoms with van der Waals surface area (Å²) in [4.78, 5) is 0. The molecule has 1 fully saturated rings. The van der Waals surface area contributed by atoms with E-state index in [1.54, 1.807) is 6.07 Å². The smallest absolute Gasteiger partial charge is 0.163 e. The Balaban J connectivity index is 0.00000112. The third-order valence-electron chi connectivity index (χ3n) is 2.28. The molecule has 1 aliphatic rings. The van der Waals surface area contributed by atoms with E-state index in [1.165, 1.54) is 6.07 Å². The lowest BCUT2D eigenvalue weighted by Gasteiger charge is -2.24. The Morgan fingerprint density at radius 2 is 2.13 bits per heavy atom. The number of hydrogen-bond donors (Lipinski definition) is 1. The zero-order chi connectivity index (χ0) is 9.97. The van der Waals surface area contributed by atoms with E-state index in [0.717, 1.165) is 6.07 Å². The van der Waals surface area contributed by atoms with Gasteiger partial charge in [-0.3, -0.25) is 0 Å². The maximum Gasteiger partial charge on any atom is 0.163 e. The van der Waals surface area contributed by atoms with Crippen LogP contribution in [-0.2, 0) is 4.74 Å². The summed E-state index contributed by atoms with van der Waals surface area (Å²) in [5.41, 5.74) is 0.338. The second-order valence-electron chi connectivity index (χ2n) is 3.22. The first-order valence-corrected chi connectivity index (χ1v) is 4.54. The SMILES string of the molecule is Cl.Fc1cccc([C@H]2COCCN2)c1F. The number of ether oxygens (including phenoxy) is 1. The molecule has 0 saturated carbocycles. The van der Waals surface area contributed by atoms with Gasteiger partial charge in [-0.05, 0) is 6.07 Å². The Kier molecular flexibility index (Phi) is 4.45. The Morgan fingerprint density at radius 1 is 1.33 bits per heavy atom. The first-order valence-electron chi connectivity index (χ1n) is 4.54. The number of morpholine rings is 1. The lowest BCUT2D eigenvalue weighted by molar-refractivity contribution is 0.0755. The first kappa shape index (κ1) is 12.4. The molecule has 0 radical (unpaired) electrons. The lowest BCUT2D eigenvalue weighted by atomic mass is 10.1.